The van der Waals surface area contributed by atoms with Crippen LogP contribution in [0, 0.1) is 6.92 Å². The van der Waals surface area contributed by atoms with Crippen LogP contribution < -0.4 is 5.56 Å². The zero-order chi connectivity index (χ0) is 16.7. The number of benzene rings is 1. The molecule has 1 aromatic carbocycles. The molecule has 4 rings (SSSR count). The van der Waals surface area contributed by atoms with Gasteiger partial charge in [0.05, 0.1) is 17.8 Å². The molecule has 0 bridgehead atoms. The van der Waals surface area contributed by atoms with E-state index < -0.39 is 0 Å². The number of nitrogens with zero attached hydrogens (tertiary/aromatic N) is 5. The molecule has 0 N–H and O–H groups in total. The standard InChI is InChI=1S/C18H19N5O/c1-12-14-5-3-4-6-16(14)20-17(19-12)11-23-8-7-15-13(10-23)9-18(24)22(2)21-15/h3-6,9H,7-8,10-11H2,1-2H3. The van der Waals surface area contributed by atoms with E-state index in [2.05, 4.69) is 20.0 Å². The maximum Gasteiger partial charge on any atom is 0.266 e. The van der Waals surface area contributed by atoms with Crippen molar-refractivity contribution in [2.24, 2.45) is 7.05 Å². The van der Waals surface area contributed by atoms with E-state index in [4.69, 9.17) is 0 Å². The summed E-state index contributed by atoms with van der Waals surface area (Å²) < 4.78 is 1.41. The van der Waals surface area contributed by atoms with Crippen molar-refractivity contribution < 1.29 is 0 Å². The molecule has 0 fully saturated rings. The van der Waals surface area contributed by atoms with Gasteiger partial charge in [-0.25, -0.2) is 14.6 Å². The highest BCUT2D eigenvalue weighted by Gasteiger charge is 2.20. The van der Waals surface area contributed by atoms with Gasteiger partial charge in [0.1, 0.15) is 5.82 Å². The van der Waals surface area contributed by atoms with Gasteiger partial charge in [0.2, 0.25) is 0 Å². The molecule has 0 saturated heterocycles. The number of aromatic nitrogens is 4. The summed E-state index contributed by atoms with van der Waals surface area (Å²) in [7, 11) is 1.70. The molecule has 1 aliphatic heterocycles. The molecule has 0 aliphatic carbocycles. The molecule has 122 valence electrons. The Hall–Kier alpha value is -2.60. The summed E-state index contributed by atoms with van der Waals surface area (Å²) in [6.07, 6.45) is 0.843. The third-order valence-corrected chi connectivity index (χ3v) is 4.52. The van der Waals surface area contributed by atoms with Crippen molar-refractivity contribution in [1.82, 2.24) is 24.6 Å². The molecule has 24 heavy (non-hydrogen) atoms. The molecule has 0 saturated carbocycles. The van der Waals surface area contributed by atoms with Crippen LogP contribution >= 0.6 is 0 Å². The summed E-state index contributed by atoms with van der Waals surface area (Å²) in [5, 5.41) is 5.45. The van der Waals surface area contributed by atoms with Gasteiger partial charge in [0, 0.05) is 43.7 Å². The van der Waals surface area contributed by atoms with E-state index in [1.807, 2.05) is 31.2 Å². The molecule has 0 amide bonds. The number of rotatable bonds is 2. The fraction of sp³-hybridized carbons (Fsp3) is 0.333. The van der Waals surface area contributed by atoms with Crippen molar-refractivity contribution in [2.45, 2.75) is 26.4 Å². The first-order valence-electron chi connectivity index (χ1n) is 8.11. The van der Waals surface area contributed by atoms with Gasteiger partial charge < -0.3 is 0 Å². The Bertz CT molecular complexity index is 979. The van der Waals surface area contributed by atoms with Crippen molar-refractivity contribution in [3.05, 3.63) is 63.5 Å². The van der Waals surface area contributed by atoms with Gasteiger partial charge in [0.15, 0.2) is 0 Å². The second-order valence-corrected chi connectivity index (χ2v) is 6.28. The fourth-order valence-electron chi connectivity index (χ4n) is 3.25. The van der Waals surface area contributed by atoms with E-state index in [0.717, 1.165) is 46.6 Å². The molecule has 2 aromatic heterocycles. The quantitative estimate of drug-likeness (QED) is 0.717. The van der Waals surface area contributed by atoms with Crippen LogP contribution in [0.5, 0.6) is 0 Å². The van der Waals surface area contributed by atoms with Gasteiger partial charge in [-0.3, -0.25) is 9.69 Å². The lowest BCUT2D eigenvalue weighted by Gasteiger charge is -2.27. The summed E-state index contributed by atoms with van der Waals surface area (Å²) in [5.41, 5.74) is 3.95. The average Bonchev–Trinajstić information content (AvgIpc) is 2.56. The van der Waals surface area contributed by atoms with Crippen molar-refractivity contribution in [2.75, 3.05) is 6.54 Å². The minimum atomic E-state index is -0.0617. The minimum absolute atomic E-state index is 0.0617. The molecule has 1 aliphatic rings. The lowest BCUT2D eigenvalue weighted by atomic mass is 10.1. The summed E-state index contributed by atoms with van der Waals surface area (Å²) in [5.74, 6) is 0.825. The molecule has 3 aromatic rings. The highest BCUT2D eigenvalue weighted by atomic mass is 16.1. The Morgan fingerprint density at radius 3 is 2.92 bits per heavy atom. The predicted molar refractivity (Wildman–Crippen MR) is 91.6 cm³/mol. The Morgan fingerprint density at radius 1 is 1.21 bits per heavy atom. The highest BCUT2D eigenvalue weighted by molar-refractivity contribution is 5.80. The van der Waals surface area contributed by atoms with Gasteiger partial charge in [-0.05, 0) is 18.6 Å². The van der Waals surface area contributed by atoms with E-state index >= 15 is 0 Å². The first-order chi connectivity index (χ1) is 11.6. The Balaban J connectivity index is 1.60. The van der Waals surface area contributed by atoms with Crippen LogP contribution in [0.4, 0.5) is 0 Å². The van der Waals surface area contributed by atoms with Crippen LogP contribution in [0.2, 0.25) is 0 Å². The van der Waals surface area contributed by atoms with Gasteiger partial charge in [0.25, 0.3) is 5.56 Å². The average molecular weight is 321 g/mol. The first-order valence-corrected chi connectivity index (χ1v) is 8.11. The van der Waals surface area contributed by atoms with Crippen LogP contribution in [0.1, 0.15) is 22.8 Å². The number of hydrogen-bond donors (Lipinski definition) is 0. The number of aryl methyl sites for hydroxylation is 2. The number of fused-ring (bicyclic) bond motifs is 2. The summed E-state index contributed by atoms with van der Waals surface area (Å²) >= 11 is 0. The van der Waals surface area contributed by atoms with Crippen LogP contribution in [-0.2, 0) is 26.6 Å². The van der Waals surface area contributed by atoms with E-state index in [9.17, 15) is 4.79 Å². The minimum Gasteiger partial charge on any atom is -0.291 e. The maximum atomic E-state index is 11.8. The van der Waals surface area contributed by atoms with Crippen LogP contribution in [0.15, 0.2) is 35.1 Å². The second kappa shape index (κ2) is 5.79. The molecule has 6 heteroatoms. The molecular formula is C18H19N5O. The molecule has 0 unspecified atom stereocenters. The predicted octanol–water partition coefficient (Wildman–Crippen LogP) is 1.59. The van der Waals surface area contributed by atoms with Crippen molar-refractivity contribution in [3.63, 3.8) is 0 Å². The summed E-state index contributed by atoms with van der Waals surface area (Å²) in [6, 6.07) is 9.77. The maximum absolute atomic E-state index is 11.8. The largest absolute Gasteiger partial charge is 0.291 e. The SMILES string of the molecule is Cc1nc(CN2CCc3nn(C)c(=O)cc3C2)nc2ccccc12. The molecule has 3 heterocycles. The summed E-state index contributed by atoms with van der Waals surface area (Å²) in [6.45, 7) is 4.31. The van der Waals surface area contributed by atoms with E-state index in [1.54, 1.807) is 13.1 Å². The topological polar surface area (TPSA) is 63.9 Å². The summed E-state index contributed by atoms with van der Waals surface area (Å²) in [4.78, 5) is 23.4. The number of hydrogen-bond acceptors (Lipinski definition) is 5. The fourth-order valence-corrected chi connectivity index (χ4v) is 3.25. The monoisotopic (exact) mass is 321 g/mol. The third-order valence-electron chi connectivity index (χ3n) is 4.52. The van der Waals surface area contributed by atoms with Crippen molar-refractivity contribution in [1.29, 1.82) is 0 Å². The van der Waals surface area contributed by atoms with Gasteiger partial charge >= 0.3 is 0 Å². The normalized spacial score (nSPS) is 14.8. The van der Waals surface area contributed by atoms with E-state index in [-0.39, 0.29) is 5.56 Å². The zero-order valence-corrected chi connectivity index (χ0v) is 13.9. The lowest BCUT2D eigenvalue weighted by molar-refractivity contribution is 0.235. The van der Waals surface area contributed by atoms with Crippen LogP contribution in [0.25, 0.3) is 10.9 Å². The molecule has 0 atom stereocenters. The lowest BCUT2D eigenvalue weighted by Crippen LogP contribution is -2.34. The van der Waals surface area contributed by atoms with Crippen LogP contribution in [0.3, 0.4) is 0 Å². The zero-order valence-electron chi connectivity index (χ0n) is 13.9. The third kappa shape index (κ3) is 2.69. The molecule has 6 nitrogen and oxygen atoms in total. The second-order valence-electron chi connectivity index (χ2n) is 6.28. The van der Waals surface area contributed by atoms with Crippen molar-refractivity contribution in [3.8, 4) is 0 Å². The van der Waals surface area contributed by atoms with Gasteiger partial charge in [-0.15, -0.1) is 0 Å². The molecule has 0 radical (unpaired) electrons. The van der Waals surface area contributed by atoms with Gasteiger partial charge in [-0.2, -0.15) is 5.10 Å². The van der Waals surface area contributed by atoms with Crippen LogP contribution in [-0.4, -0.2) is 31.2 Å². The highest BCUT2D eigenvalue weighted by Crippen LogP contribution is 2.19. The smallest absolute Gasteiger partial charge is 0.266 e. The first kappa shape index (κ1) is 15.0. The number of para-hydroxylation sites is 1. The Labute approximate surface area is 139 Å². The van der Waals surface area contributed by atoms with Gasteiger partial charge in [-0.1, -0.05) is 18.2 Å². The Morgan fingerprint density at radius 2 is 2.04 bits per heavy atom. The molecular weight excluding hydrogens is 302 g/mol. The van der Waals surface area contributed by atoms with E-state index in [0.29, 0.717) is 13.1 Å². The molecule has 0 spiro atoms. The van der Waals surface area contributed by atoms with Crippen molar-refractivity contribution >= 4 is 10.9 Å². The van der Waals surface area contributed by atoms with E-state index in [1.165, 1.54) is 4.68 Å². The Kier molecular flexibility index (Phi) is 3.61.